The van der Waals surface area contributed by atoms with Crippen molar-refractivity contribution in [3.63, 3.8) is 0 Å². The van der Waals surface area contributed by atoms with Gasteiger partial charge in [0.15, 0.2) is 0 Å². The van der Waals surface area contributed by atoms with Crippen LogP contribution in [0.5, 0.6) is 5.75 Å². The molecule has 36 heavy (non-hydrogen) atoms. The summed E-state index contributed by atoms with van der Waals surface area (Å²) in [6.45, 7) is 3.93. The number of anilines is 2. The third-order valence-electron chi connectivity index (χ3n) is 8.07. The second-order valence-electron chi connectivity index (χ2n) is 10.5. The van der Waals surface area contributed by atoms with Gasteiger partial charge in [0.1, 0.15) is 5.75 Å². The third kappa shape index (κ3) is 4.62. The van der Waals surface area contributed by atoms with Crippen LogP contribution < -0.4 is 20.6 Å². The molecule has 2 heterocycles. The van der Waals surface area contributed by atoms with E-state index in [2.05, 4.69) is 46.3 Å². The van der Waals surface area contributed by atoms with Crippen molar-refractivity contribution in [1.29, 1.82) is 0 Å². The number of aromatic amines is 1. The Kier molecular flexibility index (Phi) is 6.79. The van der Waals surface area contributed by atoms with Crippen molar-refractivity contribution in [3.05, 3.63) is 52.4 Å². The molecule has 1 aromatic heterocycles. The molecular weight excluding hydrogens is 454 g/mol. The van der Waals surface area contributed by atoms with Crippen molar-refractivity contribution in [1.82, 2.24) is 14.5 Å². The van der Waals surface area contributed by atoms with Crippen molar-refractivity contribution in [3.8, 4) is 5.75 Å². The minimum atomic E-state index is -0.0578. The third-order valence-corrected chi connectivity index (χ3v) is 8.07. The van der Waals surface area contributed by atoms with Gasteiger partial charge in [0.25, 0.3) is 0 Å². The van der Waals surface area contributed by atoms with E-state index in [1.54, 1.807) is 7.11 Å². The van der Waals surface area contributed by atoms with Gasteiger partial charge in [0.2, 0.25) is 5.91 Å². The Labute approximate surface area is 212 Å². The molecule has 1 saturated heterocycles. The number of amides is 1. The summed E-state index contributed by atoms with van der Waals surface area (Å²) in [6, 6.07) is 12.6. The summed E-state index contributed by atoms with van der Waals surface area (Å²) >= 11 is 0. The van der Waals surface area contributed by atoms with Gasteiger partial charge in [0.05, 0.1) is 23.8 Å². The number of aromatic nitrogens is 2. The number of nitrogens with one attached hydrogen (secondary N) is 2. The standard InChI is InChI=1S/C28H37N5O3/c1-18-8-11-20(16-25(18)36-4)29-27(34)19-9-12-21(13-10-19)33-24-7-5-6-23(26(24)30-28(33)35)32-15-14-22(17-32)31(2)3/h5-8,11,16,19,21-22H,9-10,12-15,17H2,1-4H3,(H,29,34)(H,30,35)/t19-,21+,22?. The lowest BCUT2D eigenvalue weighted by molar-refractivity contribution is -0.121. The number of fused-ring (bicyclic) bond motifs is 1. The highest BCUT2D eigenvalue weighted by atomic mass is 16.5. The summed E-state index contributed by atoms with van der Waals surface area (Å²) in [7, 11) is 5.89. The second kappa shape index (κ2) is 10.0. The van der Waals surface area contributed by atoms with Crippen molar-refractivity contribution in [2.75, 3.05) is 44.5 Å². The van der Waals surface area contributed by atoms with Crippen LogP contribution in [0.2, 0.25) is 0 Å². The number of hydrogen-bond acceptors (Lipinski definition) is 5. The van der Waals surface area contributed by atoms with E-state index in [1.807, 2.05) is 35.8 Å². The Bertz CT molecular complexity index is 1300. The van der Waals surface area contributed by atoms with Crippen LogP contribution in [0.15, 0.2) is 41.2 Å². The van der Waals surface area contributed by atoms with Crippen LogP contribution in [0.4, 0.5) is 11.4 Å². The van der Waals surface area contributed by atoms with Crippen LogP contribution in [0, 0.1) is 12.8 Å². The molecule has 0 bridgehead atoms. The van der Waals surface area contributed by atoms with E-state index < -0.39 is 0 Å². The van der Waals surface area contributed by atoms with Crippen LogP contribution in [-0.4, -0.2) is 60.7 Å². The Morgan fingerprint density at radius 1 is 1.11 bits per heavy atom. The molecule has 1 amide bonds. The van der Waals surface area contributed by atoms with Gasteiger partial charge in [-0.1, -0.05) is 12.1 Å². The quantitative estimate of drug-likeness (QED) is 0.541. The van der Waals surface area contributed by atoms with Gasteiger partial charge >= 0.3 is 5.69 Å². The number of H-pyrrole nitrogens is 1. The number of hydrogen-bond donors (Lipinski definition) is 2. The average molecular weight is 492 g/mol. The first-order valence-electron chi connectivity index (χ1n) is 13.0. The number of carbonyl (C=O) groups is 1. The Hall–Kier alpha value is -3.26. The lowest BCUT2D eigenvalue weighted by Crippen LogP contribution is -2.31. The molecule has 8 heteroatoms. The molecule has 1 aliphatic carbocycles. The van der Waals surface area contributed by atoms with Crippen LogP contribution in [0.3, 0.4) is 0 Å². The van der Waals surface area contributed by atoms with Crippen LogP contribution in [-0.2, 0) is 4.79 Å². The first kappa shape index (κ1) is 24.4. The zero-order valence-electron chi connectivity index (χ0n) is 21.7. The molecular formula is C28H37N5O3. The van der Waals surface area contributed by atoms with E-state index in [-0.39, 0.29) is 23.6 Å². The number of rotatable bonds is 6. The number of likely N-dealkylation sites (N-methyl/N-ethyl adjacent to an activating group) is 1. The molecule has 1 atom stereocenters. The molecule has 1 unspecified atom stereocenters. The van der Waals surface area contributed by atoms with Crippen molar-refractivity contribution in [2.45, 2.75) is 51.1 Å². The molecule has 2 aromatic carbocycles. The van der Waals surface area contributed by atoms with Crippen molar-refractivity contribution in [2.24, 2.45) is 5.92 Å². The van der Waals surface area contributed by atoms with Crippen LogP contribution >= 0.6 is 0 Å². The summed E-state index contributed by atoms with van der Waals surface area (Å²) in [5.41, 5.74) is 4.73. The van der Waals surface area contributed by atoms with Crippen molar-refractivity contribution < 1.29 is 9.53 Å². The maximum atomic E-state index is 13.1. The van der Waals surface area contributed by atoms with E-state index in [4.69, 9.17) is 4.74 Å². The molecule has 8 nitrogen and oxygen atoms in total. The number of carbonyl (C=O) groups excluding carboxylic acids is 1. The molecule has 2 aliphatic rings. The minimum absolute atomic E-state index is 0.0393. The van der Waals surface area contributed by atoms with Gasteiger partial charge in [0, 0.05) is 42.8 Å². The number of aryl methyl sites for hydroxylation is 1. The molecule has 5 rings (SSSR count). The molecule has 1 aliphatic heterocycles. The highest BCUT2D eigenvalue weighted by molar-refractivity contribution is 5.93. The second-order valence-corrected chi connectivity index (χ2v) is 10.5. The predicted octanol–water partition coefficient (Wildman–Crippen LogP) is 4.16. The van der Waals surface area contributed by atoms with Gasteiger partial charge in [-0.2, -0.15) is 0 Å². The van der Waals surface area contributed by atoms with Gasteiger partial charge in [-0.3, -0.25) is 9.36 Å². The minimum Gasteiger partial charge on any atom is -0.496 e. The summed E-state index contributed by atoms with van der Waals surface area (Å²) in [5.74, 6) is 0.746. The number of imidazole rings is 1. The first-order chi connectivity index (χ1) is 17.4. The number of nitrogens with zero attached hydrogens (tertiary/aromatic N) is 3. The van der Waals surface area contributed by atoms with Crippen LogP contribution in [0.1, 0.15) is 43.7 Å². The summed E-state index contributed by atoms with van der Waals surface area (Å²) in [4.78, 5) is 33.9. The lowest BCUT2D eigenvalue weighted by Gasteiger charge is -2.29. The largest absolute Gasteiger partial charge is 0.496 e. The maximum Gasteiger partial charge on any atom is 0.326 e. The number of ether oxygens (including phenoxy) is 1. The zero-order valence-corrected chi connectivity index (χ0v) is 21.7. The fourth-order valence-corrected chi connectivity index (χ4v) is 5.88. The normalized spacial score (nSPS) is 22.4. The van der Waals surface area contributed by atoms with E-state index >= 15 is 0 Å². The fourth-order valence-electron chi connectivity index (χ4n) is 5.88. The molecule has 3 aromatic rings. The predicted molar refractivity (Wildman–Crippen MR) is 144 cm³/mol. The Morgan fingerprint density at radius 3 is 2.58 bits per heavy atom. The number of benzene rings is 2. The first-order valence-corrected chi connectivity index (χ1v) is 13.0. The zero-order chi connectivity index (χ0) is 25.4. The number of para-hydroxylation sites is 1. The summed E-state index contributed by atoms with van der Waals surface area (Å²) < 4.78 is 7.31. The smallest absolute Gasteiger partial charge is 0.326 e. The van der Waals surface area contributed by atoms with Crippen LogP contribution in [0.25, 0.3) is 11.0 Å². The van der Waals surface area contributed by atoms with Gasteiger partial charge in [-0.15, -0.1) is 0 Å². The number of methoxy groups -OCH3 is 1. The summed E-state index contributed by atoms with van der Waals surface area (Å²) in [5, 5.41) is 3.05. The average Bonchev–Trinajstić information content (AvgIpc) is 3.49. The topological polar surface area (TPSA) is 82.6 Å². The SMILES string of the molecule is COc1cc(NC(=O)[C@H]2CC[C@@H](n3c(=O)[nH]c4c(N5CCC(N(C)C)C5)cccc43)CC2)ccc1C. The summed E-state index contributed by atoms with van der Waals surface area (Å²) in [6.07, 6.45) is 4.25. The maximum absolute atomic E-state index is 13.1. The van der Waals surface area contributed by atoms with Gasteiger partial charge in [-0.05, 0) is 76.9 Å². The molecule has 0 radical (unpaired) electrons. The Morgan fingerprint density at radius 2 is 1.89 bits per heavy atom. The van der Waals surface area contributed by atoms with E-state index in [1.165, 1.54) is 0 Å². The van der Waals surface area contributed by atoms with E-state index in [9.17, 15) is 9.59 Å². The van der Waals surface area contributed by atoms with E-state index in [0.717, 1.165) is 78.9 Å². The fraction of sp³-hybridized carbons (Fsp3) is 0.500. The highest BCUT2D eigenvalue weighted by Crippen LogP contribution is 2.36. The molecule has 192 valence electrons. The van der Waals surface area contributed by atoms with Gasteiger partial charge < -0.3 is 24.8 Å². The molecule has 2 fully saturated rings. The van der Waals surface area contributed by atoms with E-state index in [0.29, 0.717) is 6.04 Å². The molecule has 1 saturated carbocycles. The lowest BCUT2D eigenvalue weighted by atomic mass is 9.85. The van der Waals surface area contributed by atoms with Crippen molar-refractivity contribution >= 4 is 28.3 Å². The van der Waals surface area contributed by atoms with Gasteiger partial charge in [-0.25, -0.2) is 4.79 Å². The monoisotopic (exact) mass is 491 g/mol. The molecule has 0 spiro atoms. The Balaban J connectivity index is 1.29. The molecule has 2 N–H and O–H groups in total. The highest BCUT2D eigenvalue weighted by Gasteiger charge is 2.30.